The molecule has 18 heavy (non-hydrogen) atoms. The van der Waals surface area contributed by atoms with E-state index < -0.39 is 19.0 Å². The standard InChI is InChI=1S/C13H21NO3P/c1-10(2)8-13(15)18(16,17)12(14)9-11-6-4-3-5-7-11/h3-7,10,12,16-17H,8-9,14H2,1-2H3/q+1. The third-order valence-corrected chi connectivity index (χ3v) is 4.72. The average molecular weight is 270 g/mol. The van der Waals surface area contributed by atoms with Crippen molar-refractivity contribution in [1.82, 2.24) is 0 Å². The fraction of sp³-hybridized carbons (Fsp3) is 0.462. The van der Waals surface area contributed by atoms with Gasteiger partial charge in [-0.15, -0.1) is 0 Å². The van der Waals surface area contributed by atoms with E-state index >= 15 is 0 Å². The van der Waals surface area contributed by atoms with E-state index in [1.165, 1.54) is 0 Å². The van der Waals surface area contributed by atoms with Crippen LogP contribution in [0.2, 0.25) is 0 Å². The van der Waals surface area contributed by atoms with Crippen molar-refractivity contribution in [3.63, 3.8) is 0 Å². The molecule has 1 atom stereocenters. The van der Waals surface area contributed by atoms with Gasteiger partial charge in [0.15, 0.2) is 5.78 Å². The Kier molecular flexibility index (Phi) is 5.42. The number of hydrogen-bond donors (Lipinski definition) is 3. The summed E-state index contributed by atoms with van der Waals surface area (Å²) in [7, 11) is -3.71. The van der Waals surface area contributed by atoms with Crippen LogP contribution in [0.15, 0.2) is 30.3 Å². The van der Waals surface area contributed by atoms with Crippen LogP contribution in [0.4, 0.5) is 0 Å². The van der Waals surface area contributed by atoms with Crippen molar-refractivity contribution < 1.29 is 14.6 Å². The summed E-state index contributed by atoms with van der Waals surface area (Å²) in [5.74, 6) is -0.814. The number of carbonyl (C=O) groups excluding carboxylic acids is 1. The van der Waals surface area contributed by atoms with Crippen molar-refractivity contribution in [3.05, 3.63) is 35.9 Å². The third kappa shape index (κ3) is 4.14. The van der Waals surface area contributed by atoms with Gasteiger partial charge in [0.05, 0.1) is 6.42 Å². The van der Waals surface area contributed by atoms with Crippen molar-refractivity contribution in [2.24, 2.45) is 11.7 Å². The minimum absolute atomic E-state index is 0.0973. The van der Waals surface area contributed by atoms with E-state index in [9.17, 15) is 14.6 Å². The first kappa shape index (κ1) is 15.3. The van der Waals surface area contributed by atoms with Crippen LogP contribution in [0.1, 0.15) is 25.8 Å². The summed E-state index contributed by atoms with van der Waals surface area (Å²) in [4.78, 5) is 31.7. The normalized spacial score (nSPS) is 13.7. The molecule has 0 amide bonds. The number of hydrogen-bond acceptors (Lipinski definition) is 4. The number of rotatable bonds is 6. The lowest BCUT2D eigenvalue weighted by Gasteiger charge is -2.18. The largest absolute Gasteiger partial charge is 0.354 e. The Balaban J connectivity index is 2.70. The van der Waals surface area contributed by atoms with Crippen molar-refractivity contribution in [2.75, 3.05) is 0 Å². The summed E-state index contributed by atoms with van der Waals surface area (Å²) in [6, 6.07) is 9.29. The van der Waals surface area contributed by atoms with Crippen LogP contribution in [0, 0.1) is 5.92 Å². The molecule has 100 valence electrons. The third-order valence-electron chi connectivity index (χ3n) is 2.70. The maximum absolute atomic E-state index is 11.8. The smallest absolute Gasteiger partial charge is 0.291 e. The number of nitrogens with two attached hydrogens (primary N) is 1. The zero-order chi connectivity index (χ0) is 13.8. The highest BCUT2D eigenvalue weighted by Gasteiger charge is 2.49. The minimum atomic E-state index is -3.71. The SMILES string of the molecule is CC(C)CC(=O)[P+](O)(O)C(N)Cc1ccccc1. The minimum Gasteiger partial charge on any atom is -0.291 e. The molecule has 1 aromatic carbocycles. The Bertz CT molecular complexity index is 392. The van der Waals surface area contributed by atoms with E-state index in [0.29, 0.717) is 6.42 Å². The Hall–Kier alpha value is -0.800. The fourth-order valence-corrected chi connectivity index (χ4v) is 3.12. The van der Waals surface area contributed by atoms with Gasteiger partial charge in [0.25, 0.3) is 0 Å². The van der Waals surface area contributed by atoms with Crippen LogP contribution in [-0.2, 0) is 11.2 Å². The Morgan fingerprint density at radius 2 is 1.83 bits per heavy atom. The molecule has 0 saturated heterocycles. The van der Waals surface area contributed by atoms with Crippen molar-refractivity contribution in [2.45, 2.75) is 32.5 Å². The van der Waals surface area contributed by atoms with Gasteiger partial charge < -0.3 is 0 Å². The van der Waals surface area contributed by atoms with Crippen LogP contribution in [0.3, 0.4) is 0 Å². The maximum atomic E-state index is 11.8. The molecule has 0 bridgehead atoms. The molecule has 4 N–H and O–H groups in total. The van der Waals surface area contributed by atoms with Crippen molar-refractivity contribution >= 4 is 13.2 Å². The molecule has 0 radical (unpaired) electrons. The predicted molar refractivity (Wildman–Crippen MR) is 73.9 cm³/mol. The molecule has 0 aliphatic rings. The number of benzene rings is 1. The topological polar surface area (TPSA) is 83.5 Å². The molecular formula is C13H21NO3P+. The Labute approximate surface area is 108 Å². The van der Waals surface area contributed by atoms with Crippen LogP contribution >= 0.6 is 7.72 Å². The Morgan fingerprint density at radius 1 is 1.28 bits per heavy atom. The van der Waals surface area contributed by atoms with Gasteiger partial charge in [-0.25, -0.2) is 14.6 Å². The Morgan fingerprint density at radius 3 is 2.33 bits per heavy atom. The van der Waals surface area contributed by atoms with E-state index in [2.05, 4.69) is 0 Å². The molecule has 0 aromatic heterocycles. The van der Waals surface area contributed by atoms with Gasteiger partial charge in [0, 0.05) is 6.42 Å². The van der Waals surface area contributed by atoms with Gasteiger partial charge in [-0.1, -0.05) is 44.2 Å². The monoisotopic (exact) mass is 270 g/mol. The molecule has 0 saturated carbocycles. The van der Waals surface area contributed by atoms with E-state index in [1.54, 1.807) is 0 Å². The summed E-state index contributed by atoms with van der Waals surface area (Å²) >= 11 is 0. The van der Waals surface area contributed by atoms with E-state index in [-0.39, 0.29) is 12.3 Å². The van der Waals surface area contributed by atoms with Gasteiger partial charge in [-0.3, -0.25) is 5.73 Å². The van der Waals surface area contributed by atoms with Crippen LogP contribution in [0.25, 0.3) is 0 Å². The molecule has 0 heterocycles. The summed E-state index contributed by atoms with van der Waals surface area (Å²) in [6.45, 7) is 3.72. The highest BCUT2D eigenvalue weighted by molar-refractivity contribution is 7.81. The predicted octanol–water partition coefficient (Wildman–Crippen LogP) is 1.92. The molecule has 1 rings (SSSR count). The van der Waals surface area contributed by atoms with Crippen molar-refractivity contribution in [1.29, 1.82) is 0 Å². The lowest BCUT2D eigenvalue weighted by molar-refractivity contribution is -0.113. The molecule has 0 aliphatic carbocycles. The van der Waals surface area contributed by atoms with Crippen LogP contribution in [0.5, 0.6) is 0 Å². The second-order valence-corrected chi connectivity index (χ2v) is 7.36. The van der Waals surface area contributed by atoms with E-state index in [1.807, 2.05) is 44.2 Å². The van der Waals surface area contributed by atoms with Crippen molar-refractivity contribution in [3.8, 4) is 0 Å². The van der Waals surface area contributed by atoms with Gasteiger partial charge in [0.1, 0.15) is 0 Å². The first-order valence-corrected chi connectivity index (χ1v) is 7.77. The fourth-order valence-electron chi connectivity index (χ4n) is 1.65. The molecule has 0 spiro atoms. The molecule has 0 aliphatic heterocycles. The number of carbonyl (C=O) groups is 1. The lowest BCUT2D eigenvalue weighted by Crippen LogP contribution is -2.30. The van der Waals surface area contributed by atoms with Gasteiger partial charge in [-0.2, -0.15) is 0 Å². The van der Waals surface area contributed by atoms with E-state index in [4.69, 9.17) is 5.73 Å². The second-order valence-electron chi connectivity index (χ2n) is 4.90. The second kappa shape index (κ2) is 6.39. The molecule has 1 unspecified atom stereocenters. The molecular weight excluding hydrogens is 249 g/mol. The zero-order valence-electron chi connectivity index (χ0n) is 10.8. The maximum Gasteiger partial charge on any atom is 0.354 e. The van der Waals surface area contributed by atoms with Crippen LogP contribution < -0.4 is 5.73 Å². The van der Waals surface area contributed by atoms with E-state index in [0.717, 1.165) is 5.56 Å². The molecule has 0 fully saturated rings. The molecule has 1 aromatic rings. The van der Waals surface area contributed by atoms with Gasteiger partial charge >= 0.3 is 13.2 Å². The van der Waals surface area contributed by atoms with Gasteiger partial charge in [0.2, 0.25) is 0 Å². The van der Waals surface area contributed by atoms with Crippen LogP contribution in [-0.4, -0.2) is 21.1 Å². The molecule has 4 nitrogen and oxygen atoms in total. The summed E-state index contributed by atoms with van der Waals surface area (Å²) in [5, 5.41) is 0. The summed E-state index contributed by atoms with van der Waals surface area (Å²) in [6.07, 6.45) is 0.453. The lowest BCUT2D eigenvalue weighted by atomic mass is 10.1. The average Bonchev–Trinajstić information content (AvgIpc) is 2.29. The quantitative estimate of drug-likeness (QED) is 0.689. The zero-order valence-corrected chi connectivity index (χ0v) is 11.7. The summed E-state index contributed by atoms with van der Waals surface area (Å²) < 4.78 is 0. The van der Waals surface area contributed by atoms with Gasteiger partial charge in [-0.05, 0) is 11.5 Å². The molecule has 5 heteroatoms. The first-order chi connectivity index (χ1) is 8.34. The highest BCUT2D eigenvalue weighted by atomic mass is 31.2. The highest BCUT2D eigenvalue weighted by Crippen LogP contribution is 2.55. The first-order valence-electron chi connectivity index (χ1n) is 6.01. The summed E-state index contributed by atoms with van der Waals surface area (Å²) in [5.41, 5.74) is 6.17.